The zero-order chi connectivity index (χ0) is 11.5. The first-order valence-electron chi connectivity index (χ1n) is 4.96. The van der Waals surface area contributed by atoms with Crippen molar-refractivity contribution in [1.29, 1.82) is 0 Å². The summed E-state index contributed by atoms with van der Waals surface area (Å²) in [6, 6.07) is 4.67. The summed E-state index contributed by atoms with van der Waals surface area (Å²) < 4.78 is 3.52. The van der Waals surface area contributed by atoms with Crippen LogP contribution in [0.2, 0.25) is 0 Å². The molecule has 0 saturated heterocycles. The number of rotatable bonds is 3. The fraction of sp³-hybridized carbons (Fsp3) is 0.167. The van der Waals surface area contributed by atoms with Crippen molar-refractivity contribution in [3.8, 4) is 0 Å². The van der Waals surface area contributed by atoms with Gasteiger partial charge in [0.05, 0.1) is 6.54 Å². The Labute approximate surface area is 92.8 Å². The number of nitrogens with zero attached hydrogens (tertiary/aromatic N) is 2. The summed E-state index contributed by atoms with van der Waals surface area (Å²) in [4.78, 5) is 22.7. The summed E-state index contributed by atoms with van der Waals surface area (Å²) in [5.41, 5.74) is 0.629. The molecule has 82 valence electrons. The molecule has 0 spiro atoms. The summed E-state index contributed by atoms with van der Waals surface area (Å²) in [6.45, 7) is 0.254. The Morgan fingerprint density at radius 2 is 1.88 bits per heavy atom. The van der Waals surface area contributed by atoms with Crippen molar-refractivity contribution in [3.05, 3.63) is 58.8 Å². The molecule has 2 rings (SSSR count). The molecule has 0 N–H and O–H groups in total. The van der Waals surface area contributed by atoms with Gasteiger partial charge in [-0.1, -0.05) is 0 Å². The number of carbonyl (C=O) groups is 1. The standard InChI is InChI=1S/C12H12N2O2/c1-13-5-2-10(8-13)12(16)9-14-6-3-11(15)4-7-14/h2-8H,9H2,1H3. The lowest BCUT2D eigenvalue weighted by molar-refractivity contribution is 0.0972. The van der Waals surface area contributed by atoms with Crippen molar-refractivity contribution >= 4 is 5.78 Å². The van der Waals surface area contributed by atoms with Crippen LogP contribution in [0.25, 0.3) is 0 Å². The second-order valence-electron chi connectivity index (χ2n) is 3.70. The zero-order valence-electron chi connectivity index (χ0n) is 8.96. The van der Waals surface area contributed by atoms with Gasteiger partial charge < -0.3 is 9.13 Å². The van der Waals surface area contributed by atoms with Crippen LogP contribution in [-0.4, -0.2) is 14.9 Å². The first-order chi connectivity index (χ1) is 7.65. The van der Waals surface area contributed by atoms with Gasteiger partial charge in [-0.25, -0.2) is 0 Å². The van der Waals surface area contributed by atoms with Crippen molar-refractivity contribution in [2.24, 2.45) is 7.05 Å². The van der Waals surface area contributed by atoms with Gasteiger partial charge in [0.1, 0.15) is 0 Å². The second kappa shape index (κ2) is 4.18. The predicted octanol–water partition coefficient (Wildman–Crippen LogP) is 1.07. The molecule has 0 aliphatic heterocycles. The maximum atomic E-state index is 11.8. The van der Waals surface area contributed by atoms with Crippen LogP contribution in [0.4, 0.5) is 0 Å². The number of carbonyl (C=O) groups excluding carboxylic acids is 1. The Morgan fingerprint density at radius 1 is 1.19 bits per heavy atom. The lowest BCUT2D eigenvalue weighted by Gasteiger charge is -2.03. The molecule has 4 heteroatoms. The van der Waals surface area contributed by atoms with E-state index in [9.17, 15) is 9.59 Å². The lowest BCUT2D eigenvalue weighted by Crippen LogP contribution is -2.11. The predicted molar refractivity (Wildman–Crippen MR) is 60.4 cm³/mol. The second-order valence-corrected chi connectivity index (χ2v) is 3.70. The van der Waals surface area contributed by atoms with Crippen LogP contribution in [0.15, 0.2) is 47.8 Å². The topological polar surface area (TPSA) is 44.0 Å². The number of Topliss-reactive ketones (excluding diaryl/α,β-unsaturated/α-hetero) is 1. The molecule has 0 radical (unpaired) electrons. The number of hydrogen-bond acceptors (Lipinski definition) is 2. The van der Waals surface area contributed by atoms with Crippen molar-refractivity contribution < 1.29 is 4.79 Å². The van der Waals surface area contributed by atoms with Crippen molar-refractivity contribution in [3.63, 3.8) is 0 Å². The van der Waals surface area contributed by atoms with Crippen LogP contribution in [-0.2, 0) is 13.6 Å². The van der Waals surface area contributed by atoms with Gasteiger partial charge >= 0.3 is 0 Å². The smallest absolute Gasteiger partial charge is 0.183 e. The van der Waals surface area contributed by atoms with Crippen molar-refractivity contribution in [2.75, 3.05) is 0 Å². The Balaban J connectivity index is 2.13. The maximum Gasteiger partial charge on any atom is 0.183 e. The summed E-state index contributed by atoms with van der Waals surface area (Å²) in [5.74, 6) is 0.0317. The van der Waals surface area contributed by atoms with Crippen LogP contribution >= 0.6 is 0 Å². The van der Waals surface area contributed by atoms with E-state index in [2.05, 4.69) is 0 Å². The van der Waals surface area contributed by atoms with Crippen LogP contribution in [0.1, 0.15) is 10.4 Å². The summed E-state index contributed by atoms with van der Waals surface area (Å²) in [7, 11) is 1.87. The highest BCUT2D eigenvalue weighted by Crippen LogP contribution is 2.02. The lowest BCUT2D eigenvalue weighted by atomic mass is 10.2. The SMILES string of the molecule is Cn1ccc(C(=O)Cn2ccc(=O)cc2)c1. The molecule has 2 aromatic rings. The zero-order valence-corrected chi connectivity index (χ0v) is 8.96. The van der Waals surface area contributed by atoms with Gasteiger partial charge in [-0.05, 0) is 6.07 Å². The molecule has 2 aromatic heterocycles. The van der Waals surface area contributed by atoms with Gasteiger partial charge in [0.15, 0.2) is 11.2 Å². The van der Waals surface area contributed by atoms with Gasteiger partial charge in [0.2, 0.25) is 0 Å². The molecule has 0 aliphatic carbocycles. The van der Waals surface area contributed by atoms with Crippen LogP contribution < -0.4 is 5.43 Å². The first-order valence-corrected chi connectivity index (χ1v) is 4.96. The molecule has 0 aliphatic rings. The van der Waals surface area contributed by atoms with Gasteiger partial charge in [0.25, 0.3) is 0 Å². The fourth-order valence-electron chi connectivity index (χ4n) is 1.47. The third-order valence-corrected chi connectivity index (χ3v) is 2.34. The summed E-state index contributed by atoms with van der Waals surface area (Å²) in [6.07, 6.45) is 6.84. The Bertz CT molecular complexity index is 546. The van der Waals surface area contributed by atoms with E-state index in [4.69, 9.17) is 0 Å². The van der Waals surface area contributed by atoms with E-state index in [0.29, 0.717) is 5.56 Å². The molecule has 0 saturated carbocycles. The van der Waals surface area contributed by atoms with E-state index in [1.165, 1.54) is 12.1 Å². The van der Waals surface area contributed by atoms with Crippen LogP contribution in [0.5, 0.6) is 0 Å². The molecule has 2 heterocycles. The van der Waals surface area contributed by atoms with Crippen molar-refractivity contribution in [2.45, 2.75) is 6.54 Å². The molecule has 16 heavy (non-hydrogen) atoms. The molecule has 0 atom stereocenters. The fourth-order valence-corrected chi connectivity index (χ4v) is 1.47. The highest BCUT2D eigenvalue weighted by molar-refractivity contribution is 5.95. The average molecular weight is 216 g/mol. The van der Waals surface area contributed by atoms with E-state index >= 15 is 0 Å². The van der Waals surface area contributed by atoms with E-state index in [0.717, 1.165) is 0 Å². The molecule has 0 unspecified atom stereocenters. The highest BCUT2D eigenvalue weighted by atomic mass is 16.1. The number of aromatic nitrogens is 2. The Morgan fingerprint density at radius 3 is 2.44 bits per heavy atom. The van der Waals surface area contributed by atoms with Crippen molar-refractivity contribution in [1.82, 2.24) is 9.13 Å². The maximum absolute atomic E-state index is 11.8. The van der Waals surface area contributed by atoms with Crippen LogP contribution in [0, 0.1) is 0 Å². The number of hydrogen-bond donors (Lipinski definition) is 0. The van der Waals surface area contributed by atoms with E-state index in [1.807, 2.05) is 17.8 Å². The van der Waals surface area contributed by atoms with Gasteiger partial charge in [-0.3, -0.25) is 9.59 Å². The molecule has 0 bridgehead atoms. The van der Waals surface area contributed by atoms with E-state index in [-0.39, 0.29) is 17.8 Å². The minimum absolute atomic E-state index is 0.0317. The van der Waals surface area contributed by atoms with Gasteiger partial charge in [-0.2, -0.15) is 0 Å². The third-order valence-electron chi connectivity index (χ3n) is 2.34. The van der Waals surface area contributed by atoms with Crippen LogP contribution in [0.3, 0.4) is 0 Å². The largest absolute Gasteiger partial charge is 0.357 e. The molecule has 0 amide bonds. The van der Waals surface area contributed by atoms with Gasteiger partial charge in [-0.15, -0.1) is 0 Å². The molecular formula is C12H12N2O2. The highest BCUT2D eigenvalue weighted by Gasteiger charge is 2.06. The minimum atomic E-state index is -0.0524. The Kier molecular flexibility index (Phi) is 2.72. The van der Waals surface area contributed by atoms with Gasteiger partial charge in [0, 0.05) is 49.5 Å². The number of pyridine rings is 1. The molecule has 0 aromatic carbocycles. The average Bonchev–Trinajstić information content (AvgIpc) is 2.68. The minimum Gasteiger partial charge on any atom is -0.357 e. The Hall–Kier alpha value is -2.10. The monoisotopic (exact) mass is 216 g/mol. The van der Waals surface area contributed by atoms with E-state index < -0.39 is 0 Å². The van der Waals surface area contributed by atoms with E-state index in [1.54, 1.807) is 29.2 Å². The first kappa shape index (κ1) is 10.4. The molecular weight excluding hydrogens is 204 g/mol. The number of aryl methyl sites for hydroxylation is 1. The molecule has 4 nitrogen and oxygen atoms in total. The third kappa shape index (κ3) is 2.28. The quantitative estimate of drug-likeness (QED) is 0.720. The molecule has 0 fully saturated rings. The summed E-state index contributed by atoms with van der Waals surface area (Å²) >= 11 is 0. The summed E-state index contributed by atoms with van der Waals surface area (Å²) in [5, 5.41) is 0. The number of ketones is 1. The normalized spacial score (nSPS) is 10.3.